The van der Waals surface area contributed by atoms with Crippen LogP contribution in [-0.2, 0) is 11.3 Å². The van der Waals surface area contributed by atoms with Gasteiger partial charge in [0.2, 0.25) is 0 Å². The van der Waals surface area contributed by atoms with Crippen LogP contribution in [0.4, 0.5) is 5.69 Å². The maximum Gasteiger partial charge on any atom is 0.268 e. The van der Waals surface area contributed by atoms with Gasteiger partial charge in [-0.25, -0.2) is 0 Å². The molecule has 1 unspecified atom stereocenters. The molecule has 1 N–H and O–H groups in total. The normalized spacial score (nSPS) is 16.7. The third-order valence-corrected chi connectivity index (χ3v) is 3.82. The van der Waals surface area contributed by atoms with Crippen molar-refractivity contribution in [1.29, 1.82) is 0 Å². The average molecular weight is 311 g/mol. The Morgan fingerprint density at radius 2 is 1.96 bits per heavy atom. The lowest BCUT2D eigenvalue weighted by atomic mass is 10.1. The maximum atomic E-state index is 12.5. The number of ether oxygens (including phenoxy) is 1. The summed E-state index contributed by atoms with van der Waals surface area (Å²) in [5.41, 5.74) is 1.89. The average Bonchev–Trinajstić information content (AvgIpc) is 2.59. The summed E-state index contributed by atoms with van der Waals surface area (Å²) < 4.78 is 5.62. The number of amides is 1. The highest BCUT2D eigenvalue weighted by Gasteiger charge is 2.32. The van der Waals surface area contributed by atoms with E-state index in [0.717, 1.165) is 5.56 Å². The molecule has 5 heteroatoms. The van der Waals surface area contributed by atoms with Gasteiger partial charge >= 0.3 is 0 Å². The van der Waals surface area contributed by atoms with Gasteiger partial charge in [0, 0.05) is 5.56 Å². The Bertz CT molecular complexity index is 742. The molecule has 0 aliphatic carbocycles. The highest BCUT2D eigenvalue weighted by Crippen LogP contribution is 2.36. The summed E-state index contributed by atoms with van der Waals surface area (Å²) in [4.78, 5) is 25.8. The number of Topliss-reactive ketones (excluding diaryl/α,β-unsaturated/α-hetero) is 1. The first kappa shape index (κ1) is 15.2. The van der Waals surface area contributed by atoms with E-state index in [9.17, 15) is 9.59 Å². The van der Waals surface area contributed by atoms with Crippen molar-refractivity contribution in [2.45, 2.75) is 19.6 Å². The second-order valence-electron chi connectivity index (χ2n) is 5.43. The molecule has 0 aromatic heterocycles. The quantitative estimate of drug-likeness (QED) is 0.879. The summed E-state index contributed by atoms with van der Waals surface area (Å²) in [5.74, 6) is 0.0102. The lowest BCUT2D eigenvalue weighted by Gasteiger charge is -2.33. The van der Waals surface area contributed by atoms with Gasteiger partial charge in [-0.15, -0.1) is 0 Å². The fourth-order valence-corrected chi connectivity index (χ4v) is 2.60. The number of carbonyl (C=O) groups is 2. The van der Waals surface area contributed by atoms with Gasteiger partial charge in [-0.1, -0.05) is 30.3 Å². The summed E-state index contributed by atoms with van der Waals surface area (Å²) in [6, 6.07) is 14.5. The zero-order chi connectivity index (χ0) is 16.4. The molecule has 2 aromatic carbocycles. The largest absolute Gasteiger partial charge is 0.479 e. The zero-order valence-corrected chi connectivity index (χ0v) is 12.7. The molecule has 0 radical (unpaired) electrons. The van der Waals surface area contributed by atoms with Gasteiger partial charge in [-0.3, -0.25) is 9.59 Å². The zero-order valence-electron chi connectivity index (χ0n) is 12.7. The van der Waals surface area contributed by atoms with Crippen molar-refractivity contribution < 1.29 is 19.4 Å². The van der Waals surface area contributed by atoms with Crippen LogP contribution in [0.25, 0.3) is 0 Å². The first-order valence-electron chi connectivity index (χ1n) is 7.40. The van der Waals surface area contributed by atoms with Gasteiger partial charge < -0.3 is 14.7 Å². The van der Waals surface area contributed by atoms with E-state index in [1.54, 1.807) is 30.0 Å². The molecule has 0 bridgehead atoms. The first-order valence-corrected chi connectivity index (χ1v) is 7.40. The lowest BCUT2D eigenvalue weighted by molar-refractivity contribution is -0.125. The number of ketones is 1. The van der Waals surface area contributed by atoms with Crippen LogP contribution in [-0.4, -0.2) is 29.5 Å². The molecule has 0 saturated carbocycles. The molecule has 118 valence electrons. The number of anilines is 1. The molecule has 0 fully saturated rings. The number of aliphatic hydroxyl groups is 1. The Kier molecular flexibility index (Phi) is 4.12. The van der Waals surface area contributed by atoms with E-state index >= 15 is 0 Å². The number of aliphatic hydroxyl groups excluding tert-OH is 1. The minimum Gasteiger partial charge on any atom is -0.479 e. The third kappa shape index (κ3) is 2.96. The van der Waals surface area contributed by atoms with Crippen molar-refractivity contribution in [2.75, 3.05) is 11.5 Å². The Labute approximate surface area is 134 Å². The van der Waals surface area contributed by atoms with E-state index in [1.165, 1.54) is 0 Å². The maximum absolute atomic E-state index is 12.5. The minimum atomic E-state index is -0.578. The van der Waals surface area contributed by atoms with E-state index < -0.39 is 18.5 Å². The van der Waals surface area contributed by atoms with E-state index in [4.69, 9.17) is 9.84 Å². The molecule has 1 aliphatic rings. The number of hydrogen-bond donors (Lipinski definition) is 1. The minimum absolute atomic E-state index is 0.157. The van der Waals surface area contributed by atoms with Crippen LogP contribution in [0.15, 0.2) is 48.5 Å². The van der Waals surface area contributed by atoms with Gasteiger partial charge in [0.25, 0.3) is 5.91 Å². The molecular weight excluding hydrogens is 294 g/mol. The van der Waals surface area contributed by atoms with Gasteiger partial charge in [0.15, 0.2) is 11.9 Å². The summed E-state index contributed by atoms with van der Waals surface area (Å²) in [5, 5.41) is 9.03. The fraction of sp³-hybridized carbons (Fsp3) is 0.222. The van der Waals surface area contributed by atoms with Gasteiger partial charge in [0.1, 0.15) is 12.4 Å². The monoisotopic (exact) mass is 311 g/mol. The lowest BCUT2D eigenvalue weighted by Crippen LogP contribution is -2.44. The molecule has 1 heterocycles. The fourth-order valence-electron chi connectivity index (χ4n) is 2.60. The SMILES string of the molecule is CC1Oc2ccc(C(=O)CO)cc2N(Cc2ccccc2)C1=O. The van der Waals surface area contributed by atoms with Crippen LogP contribution in [0.3, 0.4) is 0 Å². The predicted octanol–water partition coefficient (Wildman–Crippen LogP) is 2.18. The number of rotatable bonds is 4. The standard InChI is InChI=1S/C18H17NO4/c1-12-18(22)19(10-13-5-3-2-4-6-13)15-9-14(16(21)11-20)7-8-17(15)23-12/h2-9,12,20H,10-11H2,1H3. The second kappa shape index (κ2) is 6.22. The van der Waals surface area contributed by atoms with Crippen LogP contribution >= 0.6 is 0 Å². The Balaban J connectivity index is 2.01. The van der Waals surface area contributed by atoms with E-state index in [2.05, 4.69) is 0 Å². The van der Waals surface area contributed by atoms with Crippen molar-refractivity contribution in [1.82, 2.24) is 0 Å². The van der Waals surface area contributed by atoms with Crippen LogP contribution in [0.1, 0.15) is 22.8 Å². The number of fused-ring (bicyclic) bond motifs is 1. The summed E-state index contributed by atoms with van der Waals surface area (Å²) in [6.45, 7) is 1.54. The smallest absolute Gasteiger partial charge is 0.268 e. The van der Waals surface area contributed by atoms with Gasteiger partial charge in [-0.2, -0.15) is 0 Å². The number of hydrogen-bond acceptors (Lipinski definition) is 4. The molecular formula is C18H17NO4. The van der Waals surface area contributed by atoms with Gasteiger partial charge in [0.05, 0.1) is 12.2 Å². The molecule has 0 spiro atoms. The highest BCUT2D eigenvalue weighted by atomic mass is 16.5. The van der Waals surface area contributed by atoms with Crippen molar-refractivity contribution in [3.05, 3.63) is 59.7 Å². The van der Waals surface area contributed by atoms with E-state index in [-0.39, 0.29) is 5.91 Å². The molecule has 2 aromatic rings. The molecule has 1 amide bonds. The number of carbonyl (C=O) groups excluding carboxylic acids is 2. The van der Waals surface area contributed by atoms with Crippen LogP contribution in [0.5, 0.6) is 5.75 Å². The predicted molar refractivity (Wildman–Crippen MR) is 85.6 cm³/mol. The van der Waals surface area contributed by atoms with E-state index in [1.807, 2.05) is 30.3 Å². The second-order valence-corrected chi connectivity index (χ2v) is 5.43. The van der Waals surface area contributed by atoms with Crippen molar-refractivity contribution in [3.63, 3.8) is 0 Å². The van der Waals surface area contributed by atoms with Crippen LogP contribution in [0, 0.1) is 0 Å². The Hall–Kier alpha value is -2.66. The highest BCUT2D eigenvalue weighted by molar-refractivity contribution is 6.03. The van der Waals surface area contributed by atoms with Crippen molar-refractivity contribution in [3.8, 4) is 5.75 Å². The summed E-state index contributed by atoms with van der Waals surface area (Å²) in [7, 11) is 0. The molecule has 1 atom stereocenters. The molecule has 5 nitrogen and oxygen atoms in total. The number of nitrogens with zero attached hydrogens (tertiary/aromatic N) is 1. The van der Waals surface area contributed by atoms with Crippen LogP contribution < -0.4 is 9.64 Å². The topological polar surface area (TPSA) is 66.8 Å². The van der Waals surface area contributed by atoms with Crippen molar-refractivity contribution >= 4 is 17.4 Å². The molecule has 23 heavy (non-hydrogen) atoms. The third-order valence-electron chi connectivity index (χ3n) is 3.82. The van der Waals surface area contributed by atoms with Crippen molar-refractivity contribution in [2.24, 2.45) is 0 Å². The summed E-state index contributed by atoms with van der Waals surface area (Å²) in [6.07, 6.45) is -0.578. The Morgan fingerprint density at radius 3 is 2.65 bits per heavy atom. The van der Waals surface area contributed by atoms with E-state index in [0.29, 0.717) is 23.5 Å². The molecule has 1 aliphatic heterocycles. The molecule has 0 saturated heterocycles. The van der Waals surface area contributed by atoms with Crippen LogP contribution in [0.2, 0.25) is 0 Å². The number of benzene rings is 2. The Morgan fingerprint density at radius 1 is 1.22 bits per heavy atom. The summed E-state index contributed by atoms with van der Waals surface area (Å²) >= 11 is 0. The van der Waals surface area contributed by atoms with Gasteiger partial charge in [-0.05, 0) is 30.7 Å². The first-order chi connectivity index (χ1) is 11.1. The molecule has 3 rings (SSSR count).